The SMILES string of the molecule is CC(CCNS(=O)(=O)C1CCNC1)S(C)=O. The van der Waals surface area contributed by atoms with Crippen molar-refractivity contribution < 1.29 is 12.6 Å². The van der Waals surface area contributed by atoms with Gasteiger partial charge in [0.2, 0.25) is 10.0 Å². The minimum atomic E-state index is -3.19. The van der Waals surface area contributed by atoms with E-state index in [1.54, 1.807) is 6.26 Å². The molecule has 96 valence electrons. The van der Waals surface area contributed by atoms with Crippen LogP contribution in [-0.4, -0.2) is 49.0 Å². The second-order valence-corrected chi connectivity index (χ2v) is 8.00. The van der Waals surface area contributed by atoms with E-state index < -0.39 is 20.8 Å². The summed E-state index contributed by atoms with van der Waals surface area (Å²) in [7, 11) is -4.08. The zero-order valence-corrected chi connectivity index (χ0v) is 11.4. The van der Waals surface area contributed by atoms with Crippen LogP contribution in [0, 0.1) is 0 Å². The smallest absolute Gasteiger partial charge is 0.215 e. The number of hydrogen-bond donors (Lipinski definition) is 2. The van der Waals surface area contributed by atoms with Crippen LogP contribution >= 0.6 is 0 Å². The number of nitrogens with one attached hydrogen (secondary N) is 2. The molecule has 3 unspecified atom stereocenters. The monoisotopic (exact) mass is 268 g/mol. The van der Waals surface area contributed by atoms with Crippen LogP contribution < -0.4 is 10.0 Å². The second kappa shape index (κ2) is 6.09. The van der Waals surface area contributed by atoms with E-state index in [-0.39, 0.29) is 10.5 Å². The molecule has 0 saturated carbocycles. The highest BCUT2D eigenvalue weighted by molar-refractivity contribution is 7.90. The Labute approximate surface area is 99.9 Å². The Kier molecular flexibility index (Phi) is 5.36. The summed E-state index contributed by atoms with van der Waals surface area (Å²) >= 11 is 0. The molecule has 0 radical (unpaired) electrons. The predicted octanol–water partition coefficient (Wildman–Crippen LogP) is -0.575. The number of rotatable bonds is 6. The van der Waals surface area contributed by atoms with Gasteiger partial charge in [0.05, 0.1) is 5.25 Å². The Balaban J connectivity index is 2.33. The molecule has 0 aromatic rings. The molecule has 0 aliphatic carbocycles. The molecule has 0 bridgehead atoms. The first-order valence-electron chi connectivity index (χ1n) is 5.45. The molecular weight excluding hydrogens is 248 g/mol. The van der Waals surface area contributed by atoms with Crippen molar-refractivity contribution in [1.82, 2.24) is 10.0 Å². The predicted molar refractivity (Wildman–Crippen MR) is 66.3 cm³/mol. The lowest BCUT2D eigenvalue weighted by Gasteiger charge is -2.13. The maximum absolute atomic E-state index is 11.8. The molecule has 3 atom stereocenters. The van der Waals surface area contributed by atoms with Crippen molar-refractivity contribution in [3.8, 4) is 0 Å². The summed E-state index contributed by atoms with van der Waals surface area (Å²) in [5.41, 5.74) is 0. The summed E-state index contributed by atoms with van der Waals surface area (Å²) in [6.45, 7) is 3.53. The molecule has 7 heteroatoms. The van der Waals surface area contributed by atoms with Crippen molar-refractivity contribution in [2.75, 3.05) is 25.9 Å². The summed E-state index contributed by atoms with van der Waals surface area (Å²) in [5, 5.41) is 2.75. The van der Waals surface area contributed by atoms with Crippen LogP contribution in [0.4, 0.5) is 0 Å². The van der Waals surface area contributed by atoms with Gasteiger partial charge in [-0.3, -0.25) is 4.21 Å². The van der Waals surface area contributed by atoms with Crippen molar-refractivity contribution in [2.24, 2.45) is 0 Å². The standard InChI is InChI=1S/C9H20N2O3S2/c1-8(15(2)12)3-6-11-16(13,14)9-4-5-10-7-9/h8-11H,3-7H2,1-2H3. The van der Waals surface area contributed by atoms with E-state index in [9.17, 15) is 12.6 Å². The molecule has 1 heterocycles. The van der Waals surface area contributed by atoms with Crippen molar-refractivity contribution in [3.05, 3.63) is 0 Å². The molecule has 0 aromatic carbocycles. The number of hydrogen-bond acceptors (Lipinski definition) is 4. The van der Waals surface area contributed by atoms with Gasteiger partial charge in [0.15, 0.2) is 0 Å². The second-order valence-electron chi connectivity index (χ2n) is 4.15. The topological polar surface area (TPSA) is 75.3 Å². The Bertz CT molecular complexity index is 337. The molecule has 2 N–H and O–H groups in total. The molecule has 1 aliphatic rings. The van der Waals surface area contributed by atoms with Crippen LogP contribution in [0.1, 0.15) is 19.8 Å². The van der Waals surface area contributed by atoms with E-state index in [1.165, 1.54) is 0 Å². The highest BCUT2D eigenvalue weighted by atomic mass is 32.2. The Morgan fingerprint density at radius 1 is 1.56 bits per heavy atom. The lowest BCUT2D eigenvalue weighted by molar-refractivity contribution is 0.564. The third kappa shape index (κ3) is 4.12. The van der Waals surface area contributed by atoms with E-state index in [2.05, 4.69) is 10.0 Å². The largest absolute Gasteiger partial charge is 0.315 e. The third-order valence-electron chi connectivity index (χ3n) is 2.87. The molecule has 1 saturated heterocycles. The van der Waals surface area contributed by atoms with Gasteiger partial charge >= 0.3 is 0 Å². The maximum atomic E-state index is 11.8. The van der Waals surface area contributed by atoms with Gasteiger partial charge in [0.1, 0.15) is 0 Å². The molecule has 1 aliphatic heterocycles. The number of sulfonamides is 1. The van der Waals surface area contributed by atoms with Crippen molar-refractivity contribution in [3.63, 3.8) is 0 Å². The normalized spacial score (nSPS) is 25.5. The third-order valence-corrected chi connectivity index (χ3v) is 6.13. The zero-order chi connectivity index (χ0) is 12.2. The van der Waals surface area contributed by atoms with Gasteiger partial charge in [0.25, 0.3) is 0 Å². The van der Waals surface area contributed by atoms with Crippen LogP contribution in [0.5, 0.6) is 0 Å². The van der Waals surface area contributed by atoms with Gasteiger partial charge in [-0.15, -0.1) is 0 Å². The molecule has 5 nitrogen and oxygen atoms in total. The fourth-order valence-electron chi connectivity index (χ4n) is 1.58. The van der Waals surface area contributed by atoms with E-state index in [0.29, 0.717) is 25.9 Å². The van der Waals surface area contributed by atoms with Crippen LogP contribution in [0.2, 0.25) is 0 Å². The van der Waals surface area contributed by atoms with E-state index in [4.69, 9.17) is 0 Å². The Morgan fingerprint density at radius 3 is 2.75 bits per heavy atom. The van der Waals surface area contributed by atoms with Crippen molar-refractivity contribution in [1.29, 1.82) is 0 Å². The molecule has 0 spiro atoms. The highest BCUT2D eigenvalue weighted by Gasteiger charge is 2.28. The lowest BCUT2D eigenvalue weighted by Crippen LogP contribution is -2.37. The van der Waals surface area contributed by atoms with Crippen LogP contribution in [0.25, 0.3) is 0 Å². The van der Waals surface area contributed by atoms with Crippen LogP contribution in [0.15, 0.2) is 0 Å². The van der Waals surface area contributed by atoms with Gasteiger partial charge in [0, 0.05) is 35.4 Å². The molecule has 16 heavy (non-hydrogen) atoms. The van der Waals surface area contributed by atoms with Gasteiger partial charge in [-0.1, -0.05) is 6.92 Å². The van der Waals surface area contributed by atoms with Crippen LogP contribution in [0.3, 0.4) is 0 Å². The van der Waals surface area contributed by atoms with Gasteiger partial charge in [-0.05, 0) is 19.4 Å². The summed E-state index contributed by atoms with van der Waals surface area (Å²) < 4.78 is 37.2. The van der Waals surface area contributed by atoms with Gasteiger partial charge < -0.3 is 5.32 Å². The Hall–Kier alpha value is 0.0200. The summed E-state index contributed by atoms with van der Waals surface area (Å²) in [6.07, 6.45) is 2.92. The quantitative estimate of drug-likeness (QED) is 0.676. The molecule has 1 fully saturated rings. The average Bonchev–Trinajstić information content (AvgIpc) is 2.70. The zero-order valence-electron chi connectivity index (χ0n) is 9.73. The summed E-state index contributed by atoms with van der Waals surface area (Å²) in [6, 6.07) is 0. The fourth-order valence-corrected chi connectivity index (χ4v) is 3.43. The van der Waals surface area contributed by atoms with E-state index >= 15 is 0 Å². The average molecular weight is 268 g/mol. The first-order valence-corrected chi connectivity index (χ1v) is 8.61. The molecule has 0 amide bonds. The minimum absolute atomic E-state index is 0.0319. The van der Waals surface area contributed by atoms with E-state index in [1.807, 2.05) is 6.92 Å². The minimum Gasteiger partial charge on any atom is -0.315 e. The lowest BCUT2D eigenvalue weighted by atomic mass is 10.3. The fraction of sp³-hybridized carbons (Fsp3) is 1.00. The van der Waals surface area contributed by atoms with Gasteiger partial charge in [-0.2, -0.15) is 0 Å². The van der Waals surface area contributed by atoms with Gasteiger partial charge in [-0.25, -0.2) is 13.1 Å². The van der Waals surface area contributed by atoms with Crippen molar-refractivity contribution in [2.45, 2.75) is 30.3 Å². The van der Waals surface area contributed by atoms with Crippen molar-refractivity contribution >= 4 is 20.8 Å². The van der Waals surface area contributed by atoms with Crippen LogP contribution in [-0.2, 0) is 20.8 Å². The molecular formula is C9H20N2O3S2. The molecule has 0 aromatic heterocycles. The maximum Gasteiger partial charge on any atom is 0.215 e. The Morgan fingerprint density at radius 2 is 2.25 bits per heavy atom. The molecule has 1 rings (SSSR count). The highest BCUT2D eigenvalue weighted by Crippen LogP contribution is 2.08. The van der Waals surface area contributed by atoms with E-state index in [0.717, 1.165) is 6.54 Å². The summed E-state index contributed by atoms with van der Waals surface area (Å²) in [4.78, 5) is 0. The first-order chi connectivity index (χ1) is 7.43. The first kappa shape index (κ1) is 14.1. The summed E-state index contributed by atoms with van der Waals surface area (Å²) in [5.74, 6) is 0.